The molecule has 0 fully saturated rings. The Morgan fingerprint density at radius 1 is 1.26 bits per heavy atom. The molecule has 9 heteroatoms. The van der Waals surface area contributed by atoms with E-state index in [0.717, 1.165) is 11.0 Å². The summed E-state index contributed by atoms with van der Waals surface area (Å²) in [5, 5.41) is 5.47. The van der Waals surface area contributed by atoms with E-state index in [2.05, 4.69) is 15.6 Å². The van der Waals surface area contributed by atoms with E-state index in [4.69, 9.17) is 4.74 Å². The van der Waals surface area contributed by atoms with Gasteiger partial charge in [-0.2, -0.15) is 0 Å². The molecule has 2 aromatic rings. The SMILES string of the molecule is CCCNC(=O)[C@@H](C)NC(=O)COC(=O)Cn1cnc2ccccc2c1=O. The van der Waals surface area contributed by atoms with E-state index < -0.39 is 24.5 Å². The van der Waals surface area contributed by atoms with Crippen molar-refractivity contribution in [2.75, 3.05) is 13.2 Å². The van der Waals surface area contributed by atoms with Crippen LogP contribution < -0.4 is 16.2 Å². The molecule has 0 spiro atoms. The number of esters is 1. The first-order chi connectivity index (χ1) is 12.9. The molecule has 144 valence electrons. The van der Waals surface area contributed by atoms with E-state index in [1.165, 1.54) is 13.3 Å². The minimum atomic E-state index is -0.757. The van der Waals surface area contributed by atoms with E-state index in [1.54, 1.807) is 24.3 Å². The summed E-state index contributed by atoms with van der Waals surface area (Å²) in [6.45, 7) is 3.06. The Bertz CT molecular complexity index is 893. The fourth-order valence-corrected chi connectivity index (χ4v) is 2.30. The van der Waals surface area contributed by atoms with Gasteiger partial charge in [-0.25, -0.2) is 4.98 Å². The summed E-state index contributed by atoms with van der Waals surface area (Å²) in [6, 6.07) is 6.04. The van der Waals surface area contributed by atoms with Crippen molar-refractivity contribution in [2.45, 2.75) is 32.9 Å². The summed E-state index contributed by atoms with van der Waals surface area (Å²) >= 11 is 0. The average Bonchev–Trinajstić information content (AvgIpc) is 2.66. The maximum Gasteiger partial charge on any atom is 0.326 e. The summed E-state index contributed by atoms with van der Waals surface area (Å²) in [6.07, 6.45) is 2.04. The van der Waals surface area contributed by atoms with Gasteiger partial charge in [-0.05, 0) is 25.5 Å². The first-order valence-electron chi connectivity index (χ1n) is 8.59. The second kappa shape index (κ2) is 9.46. The van der Waals surface area contributed by atoms with Crippen LogP contribution in [0.3, 0.4) is 0 Å². The maximum absolute atomic E-state index is 12.3. The summed E-state index contributed by atoms with van der Waals surface area (Å²) in [5.41, 5.74) is 0.157. The Morgan fingerprint density at radius 2 is 2.00 bits per heavy atom. The number of carbonyl (C=O) groups excluding carboxylic acids is 3. The van der Waals surface area contributed by atoms with Gasteiger partial charge in [0.25, 0.3) is 11.5 Å². The molecule has 1 aromatic carbocycles. The highest BCUT2D eigenvalue weighted by atomic mass is 16.5. The number of aromatic nitrogens is 2. The number of rotatable bonds is 8. The molecule has 1 heterocycles. The van der Waals surface area contributed by atoms with Crippen molar-refractivity contribution in [1.29, 1.82) is 0 Å². The highest BCUT2D eigenvalue weighted by molar-refractivity contribution is 5.88. The molecule has 2 amide bonds. The Labute approximate surface area is 155 Å². The third-order valence-electron chi connectivity index (χ3n) is 3.72. The Balaban J connectivity index is 1.86. The van der Waals surface area contributed by atoms with Crippen LogP contribution in [0.4, 0.5) is 0 Å². The topological polar surface area (TPSA) is 119 Å². The average molecular weight is 374 g/mol. The lowest BCUT2D eigenvalue weighted by Gasteiger charge is -2.14. The van der Waals surface area contributed by atoms with Crippen molar-refractivity contribution in [3.8, 4) is 0 Å². The highest BCUT2D eigenvalue weighted by Crippen LogP contribution is 2.04. The van der Waals surface area contributed by atoms with Gasteiger partial charge in [-0.3, -0.25) is 23.7 Å². The Kier molecular flexibility index (Phi) is 7.04. The predicted octanol–water partition coefficient (Wildman–Crippen LogP) is -0.0294. The quantitative estimate of drug-likeness (QED) is 0.626. The second-order valence-electron chi connectivity index (χ2n) is 5.94. The van der Waals surface area contributed by atoms with Gasteiger partial charge in [0.05, 0.1) is 17.2 Å². The number of fused-ring (bicyclic) bond motifs is 1. The van der Waals surface area contributed by atoms with Crippen molar-refractivity contribution in [3.05, 3.63) is 40.9 Å². The van der Waals surface area contributed by atoms with Gasteiger partial charge in [-0.15, -0.1) is 0 Å². The summed E-state index contributed by atoms with van der Waals surface area (Å²) < 4.78 is 5.98. The van der Waals surface area contributed by atoms with Crippen LogP contribution in [0.25, 0.3) is 10.9 Å². The molecular weight excluding hydrogens is 352 g/mol. The molecule has 2 rings (SSSR count). The number of hydrogen-bond donors (Lipinski definition) is 2. The van der Waals surface area contributed by atoms with Crippen LogP contribution >= 0.6 is 0 Å². The zero-order valence-electron chi connectivity index (χ0n) is 15.2. The van der Waals surface area contributed by atoms with Crippen molar-refractivity contribution in [1.82, 2.24) is 20.2 Å². The van der Waals surface area contributed by atoms with Crippen molar-refractivity contribution in [3.63, 3.8) is 0 Å². The molecule has 0 bridgehead atoms. The molecule has 0 unspecified atom stereocenters. The zero-order chi connectivity index (χ0) is 19.8. The first-order valence-corrected chi connectivity index (χ1v) is 8.59. The Morgan fingerprint density at radius 3 is 2.74 bits per heavy atom. The molecule has 1 aromatic heterocycles. The number of benzene rings is 1. The van der Waals surface area contributed by atoms with Gasteiger partial charge in [0.15, 0.2) is 6.61 Å². The highest BCUT2D eigenvalue weighted by Gasteiger charge is 2.16. The smallest absolute Gasteiger partial charge is 0.326 e. The number of nitrogens with one attached hydrogen (secondary N) is 2. The number of nitrogens with zero attached hydrogens (tertiary/aromatic N) is 2. The van der Waals surface area contributed by atoms with Gasteiger partial charge in [0.1, 0.15) is 12.6 Å². The largest absolute Gasteiger partial charge is 0.454 e. The van der Waals surface area contributed by atoms with Crippen molar-refractivity contribution < 1.29 is 19.1 Å². The standard InChI is InChI=1S/C18H22N4O5/c1-3-8-19-17(25)12(2)21-15(23)10-27-16(24)9-22-11-20-14-7-5-4-6-13(14)18(22)26/h4-7,11-12H,3,8-10H2,1-2H3,(H,19,25)(H,21,23)/t12-/m1/s1. The van der Waals surface area contributed by atoms with Crippen LogP contribution in [0.15, 0.2) is 35.4 Å². The predicted molar refractivity (Wildman–Crippen MR) is 97.9 cm³/mol. The van der Waals surface area contributed by atoms with Crippen molar-refractivity contribution >= 4 is 28.7 Å². The third kappa shape index (κ3) is 5.63. The molecule has 27 heavy (non-hydrogen) atoms. The van der Waals surface area contributed by atoms with E-state index >= 15 is 0 Å². The van der Waals surface area contributed by atoms with Crippen molar-refractivity contribution in [2.24, 2.45) is 0 Å². The molecule has 2 N–H and O–H groups in total. The van der Waals surface area contributed by atoms with E-state index in [-0.39, 0.29) is 18.0 Å². The van der Waals surface area contributed by atoms with E-state index in [9.17, 15) is 19.2 Å². The lowest BCUT2D eigenvalue weighted by molar-refractivity contribution is -0.149. The molecule has 0 aliphatic rings. The number of ether oxygens (including phenoxy) is 1. The third-order valence-corrected chi connectivity index (χ3v) is 3.72. The number of carbonyl (C=O) groups is 3. The molecule has 1 atom stereocenters. The van der Waals surface area contributed by atoms with Crippen LogP contribution in [0, 0.1) is 0 Å². The maximum atomic E-state index is 12.3. The van der Waals surface area contributed by atoms with E-state index in [1.807, 2.05) is 6.92 Å². The lowest BCUT2D eigenvalue weighted by Crippen LogP contribution is -2.46. The lowest BCUT2D eigenvalue weighted by atomic mass is 10.2. The second-order valence-corrected chi connectivity index (χ2v) is 5.94. The van der Waals surface area contributed by atoms with Crippen LogP contribution in [0.1, 0.15) is 20.3 Å². The minimum absolute atomic E-state index is 0.315. The summed E-state index contributed by atoms with van der Waals surface area (Å²) in [5.74, 6) is -1.68. The van der Waals surface area contributed by atoms with Gasteiger partial charge in [0, 0.05) is 6.54 Å². The molecule has 0 saturated heterocycles. The van der Waals surface area contributed by atoms with Gasteiger partial charge >= 0.3 is 5.97 Å². The van der Waals surface area contributed by atoms with Gasteiger partial charge in [-0.1, -0.05) is 19.1 Å². The summed E-state index contributed by atoms with van der Waals surface area (Å²) in [7, 11) is 0. The molecule has 0 aliphatic carbocycles. The van der Waals surface area contributed by atoms with Crippen LogP contribution in [0.2, 0.25) is 0 Å². The minimum Gasteiger partial charge on any atom is -0.454 e. The number of amides is 2. The molecule has 0 aliphatic heterocycles. The Hall–Kier alpha value is -3.23. The first kappa shape index (κ1) is 20.1. The molecule has 9 nitrogen and oxygen atoms in total. The summed E-state index contributed by atoms with van der Waals surface area (Å²) in [4.78, 5) is 51.8. The molecule has 0 saturated carbocycles. The van der Waals surface area contributed by atoms with E-state index in [0.29, 0.717) is 17.4 Å². The number of hydrogen-bond acceptors (Lipinski definition) is 6. The fraction of sp³-hybridized carbons (Fsp3) is 0.389. The van der Waals surface area contributed by atoms with Crippen LogP contribution in [-0.2, 0) is 25.7 Å². The van der Waals surface area contributed by atoms with Crippen LogP contribution in [0.5, 0.6) is 0 Å². The van der Waals surface area contributed by atoms with Gasteiger partial charge < -0.3 is 15.4 Å². The van der Waals surface area contributed by atoms with Crippen LogP contribution in [-0.4, -0.2) is 46.5 Å². The zero-order valence-corrected chi connectivity index (χ0v) is 15.2. The molecular formula is C18H22N4O5. The molecule has 0 radical (unpaired) electrons. The van der Waals surface area contributed by atoms with Gasteiger partial charge in [0.2, 0.25) is 5.91 Å². The number of para-hydroxylation sites is 1. The fourth-order valence-electron chi connectivity index (χ4n) is 2.30. The normalized spacial score (nSPS) is 11.6. The monoisotopic (exact) mass is 374 g/mol.